The van der Waals surface area contributed by atoms with Gasteiger partial charge in [0.1, 0.15) is 6.04 Å². The molecule has 7 heteroatoms. The average molecular weight is 404 g/mol. The predicted molar refractivity (Wildman–Crippen MR) is 105 cm³/mol. The highest BCUT2D eigenvalue weighted by Crippen LogP contribution is 2.27. The number of ether oxygens (including phenoxy) is 1. The summed E-state index contributed by atoms with van der Waals surface area (Å²) in [5.74, 6) is -0.350. The highest BCUT2D eigenvalue weighted by Gasteiger charge is 2.40. The van der Waals surface area contributed by atoms with E-state index in [9.17, 15) is 13.2 Å². The van der Waals surface area contributed by atoms with Crippen LogP contribution in [0.3, 0.4) is 0 Å². The number of carbonyl (C=O) groups is 1. The lowest BCUT2D eigenvalue weighted by atomic mass is 10.2. The molecule has 0 N–H and O–H groups in total. The Morgan fingerprint density at radius 3 is 2.43 bits per heavy atom. The van der Waals surface area contributed by atoms with Crippen molar-refractivity contribution >= 4 is 16.1 Å². The Labute approximate surface area is 166 Å². The standard InChI is InChI=1S/C21H25NO5S/c1-3-26-21(23)20-13-18(15-22(20)14-17-7-5-4-6-8-17)27-28(24,25)19-11-9-16(2)10-12-19/h4-12,18,20H,3,13-15H2,1-2H3/t18-,20-/m1/s1. The summed E-state index contributed by atoms with van der Waals surface area (Å²) in [5, 5.41) is 0. The van der Waals surface area contributed by atoms with Crippen molar-refractivity contribution in [1.29, 1.82) is 0 Å². The zero-order valence-electron chi connectivity index (χ0n) is 16.1. The second-order valence-corrected chi connectivity index (χ2v) is 8.48. The number of carbonyl (C=O) groups excluding carboxylic acids is 1. The zero-order chi connectivity index (χ0) is 20.1. The maximum absolute atomic E-state index is 12.6. The summed E-state index contributed by atoms with van der Waals surface area (Å²) in [6.45, 7) is 4.78. The number of likely N-dealkylation sites (tertiary alicyclic amines) is 1. The summed E-state index contributed by atoms with van der Waals surface area (Å²) in [5.41, 5.74) is 2.01. The first-order valence-corrected chi connectivity index (χ1v) is 10.7. The van der Waals surface area contributed by atoms with Gasteiger partial charge in [-0.15, -0.1) is 0 Å². The van der Waals surface area contributed by atoms with Crippen LogP contribution >= 0.6 is 0 Å². The van der Waals surface area contributed by atoms with Crippen LogP contribution in [0.1, 0.15) is 24.5 Å². The summed E-state index contributed by atoms with van der Waals surface area (Å²) >= 11 is 0. The molecule has 6 nitrogen and oxygen atoms in total. The van der Waals surface area contributed by atoms with E-state index in [0.717, 1.165) is 11.1 Å². The first-order chi connectivity index (χ1) is 13.4. The Morgan fingerprint density at radius 2 is 1.79 bits per heavy atom. The van der Waals surface area contributed by atoms with Crippen LogP contribution in [-0.2, 0) is 30.4 Å². The molecular weight excluding hydrogens is 378 g/mol. The van der Waals surface area contributed by atoms with Gasteiger partial charge in [-0.05, 0) is 31.5 Å². The molecule has 1 aliphatic heterocycles. The molecule has 2 aromatic carbocycles. The smallest absolute Gasteiger partial charge is 0.323 e. The van der Waals surface area contributed by atoms with Gasteiger partial charge in [0, 0.05) is 19.5 Å². The Morgan fingerprint density at radius 1 is 1.11 bits per heavy atom. The molecular formula is C21H25NO5S. The fourth-order valence-corrected chi connectivity index (χ4v) is 4.43. The number of rotatable bonds is 7. The van der Waals surface area contributed by atoms with Crippen molar-refractivity contribution in [2.75, 3.05) is 13.2 Å². The number of hydrogen-bond donors (Lipinski definition) is 0. The van der Waals surface area contributed by atoms with Gasteiger partial charge in [0.25, 0.3) is 10.1 Å². The number of nitrogens with zero attached hydrogens (tertiary/aromatic N) is 1. The molecule has 0 aromatic heterocycles. The monoisotopic (exact) mass is 403 g/mol. The quantitative estimate of drug-likeness (QED) is 0.523. The lowest BCUT2D eigenvalue weighted by Crippen LogP contribution is -2.36. The van der Waals surface area contributed by atoms with Crippen LogP contribution < -0.4 is 0 Å². The number of esters is 1. The van der Waals surface area contributed by atoms with E-state index >= 15 is 0 Å². The van der Waals surface area contributed by atoms with Crippen LogP contribution in [-0.4, -0.2) is 44.6 Å². The summed E-state index contributed by atoms with van der Waals surface area (Å²) in [6, 6.07) is 15.7. The Balaban J connectivity index is 1.75. The van der Waals surface area contributed by atoms with Crippen molar-refractivity contribution in [1.82, 2.24) is 4.90 Å². The maximum atomic E-state index is 12.6. The lowest BCUT2D eigenvalue weighted by molar-refractivity contribution is -0.148. The molecule has 0 saturated carbocycles. The summed E-state index contributed by atoms with van der Waals surface area (Å²) in [4.78, 5) is 14.4. The van der Waals surface area contributed by atoms with E-state index in [4.69, 9.17) is 8.92 Å². The molecule has 0 aliphatic carbocycles. The van der Waals surface area contributed by atoms with E-state index < -0.39 is 22.3 Å². The van der Waals surface area contributed by atoms with Gasteiger partial charge in [-0.25, -0.2) is 0 Å². The van der Waals surface area contributed by atoms with Gasteiger partial charge in [0.05, 0.1) is 17.6 Å². The van der Waals surface area contributed by atoms with Crippen molar-refractivity contribution < 1.29 is 22.1 Å². The first-order valence-electron chi connectivity index (χ1n) is 9.33. The van der Waals surface area contributed by atoms with Gasteiger partial charge in [0.15, 0.2) is 0 Å². The molecule has 0 unspecified atom stereocenters. The van der Waals surface area contributed by atoms with Gasteiger partial charge in [-0.3, -0.25) is 13.9 Å². The highest BCUT2D eigenvalue weighted by molar-refractivity contribution is 7.86. The zero-order valence-corrected chi connectivity index (χ0v) is 16.9. The average Bonchev–Trinajstić information content (AvgIpc) is 3.04. The van der Waals surface area contributed by atoms with Crippen LogP contribution in [0.5, 0.6) is 0 Å². The molecule has 1 aliphatic rings. The molecule has 1 fully saturated rings. The molecule has 150 valence electrons. The molecule has 0 spiro atoms. The third-order valence-corrected chi connectivity index (χ3v) is 6.10. The number of aryl methyl sites for hydroxylation is 1. The minimum Gasteiger partial charge on any atom is -0.465 e. The first kappa shape index (κ1) is 20.5. The Bertz CT molecular complexity index is 896. The van der Waals surface area contributed by atoms with Gasteiger partial charge in [-0.2, -0.15) is 8.42 Å². The van der Waals surface area contributed by atoms with Crippen LogP contribution in [0.25, 0.3) is 0 Å². The topological polar surface area (TPSA) is 72.9 Å². The molecule has 0 bridgehead atoms. The maximum Gasteiger partial charge on any atom is 0.323 e. The van der Waals surface area contributed by atoms with Gasteiger partial charge >= 0.3 is 5.97 Å². The van der Waals surface area contributed by atoms with E-state index in [-0.39, 0.29) is 23.9 Å². The SMILES string of the molecule is CCOC(=O)[C@H]1C[C@@H](OS(=O)(=O)c2ccc(C)cc2)CN1Cc1ccccc1. The van der Waals surface area contributed by atoms with Crippen LogP contribution in [0.15, 0.2) is 59.5 Å². The van der Waals surface area contributed by atoms with Gasteiger partial charge < -0.3 is 4.74 Å². The highest BCUT2D eigenvalue weighted by atomic mass is 32.2. The van der Waals surface area contributed by atoms with E-state index in [0.29, 0.717) is 13.1 Å². The molecule has 3 rings (SSSR count). The number of hydrogen-bond acceptors (Lipinski definition) is 6. The van der Waals surface area contributed by atoms with E-state index in [1.807, 2.05) is 42.2 Å². The fraction of sp³-hybridized carbons (Fsp3) is 0.381. The molecule has 0 radical (unpaired) electrons. The van der Waals surface area contributed by atoms with Crippen LogP contribution in [0.2, 0.25) is 0 Å². The molecule has 1 saturated heterocycles. The summed E-state index contributed by atoms with van der Waals surface area (Å²) in [6.07, 6.45) is -0.332. The number of benzene rings is 2. The molecule has 2 atom stereocenters. The second-order valence-electron chi connectivity index (χ2n) is 6.90. The molecule has 0 amide bonds. The van der Waals surface area contributed by atoms with Crippen molar-refractivity contribution in [3.63, 3.8) is 0 Å². The summed E-state index contributed by atoms with van der Waals surface area (Å²) < 4.78 is 35.9. The third kappa shape index (κ3) is 4.98. The van der Waals surface area contributed by atoms with Gasteiger partial charge in [-0.1, -0.05) is 48.0 Å². The van der Waals surface area contributed by atoms with Crippen molar-refractivity contribution in [2.45, 2.75) is 43.9 Å². The van der Waals surface area contributed by atoms with Crippen LogP contribution in [0.4, 0.5) is 0 Å². The van der Waals surface area contributed by atoms with Gasteiger partial charge in [0.2, 0.25) is 0 Å². The van der Waals surface area contributed by atoms with Crippen LogP contribution in [0, 0.1) is 6.92 Å². The van der Waals surface area contributed by atoms with E-state index in [1.165, 1.54) is 12.1 Å². The fourth-order valence-electron chi connectivity index (χ4n) is 3.35. The van der Waals surface area contributed by atoms with E-state index in [1.54, 1.807) is 19.1 Å². The van der Waals surface area contributed by atoms with Crippen molar-refractivity contribution in [3.05, 3.63) is 65.7 Å². The predicted octanol–water partition coefficient (Wildman–Crippen LogP) is 2.91. The summed E-state index contributed by atoms with van der Waals surface area (Å²) in [7, 11) is -3.90. The molecule has 28 heavy (non-hydrogen) atoms. The minimum absolute atomic E-state index is 0.118. The second kappa shape index (κ2) is 8.86. The minimum atomic E-state index is -3.90. The molecule has 1 heterocycles. The third-order valence-electron chi connectivity index (χ3n) is 4.72. The van der Waals surface area contributed by atoms with E-state index in [2.05, 4.69) is 0 Å². The van der Waals surface area contributed by atoms with Crippen molar-refractivity contribution in [2.24, 2.45) is 0 Å². The lowest BCUT2D eigenvalue weighted by Gasteiger charge is -2.22. The Kier molecular flexibility index (Phi) is 6.49. The van der Waals surface area contributed by atoms with Crippen molar-refractivity contribution in [3.8, 4) is 0 Å². The Hall–Kier alpha value is -2.22. The normalized spacial score (nSPS) is 20.2. The molecule has 2 aromatic rings. The largest absolute Gasteiger partial charge is 0.465 e.